The Hall–Kier alpha value is -2.11. The molecule has 0 bridgehead atoms. The maximum absolute atomic E-state index is 12.8. The first-order chi connectivity index (χ1) is 28.9. The van der Waals surface area contributed by atoms with E-state index in [0.29, 0.717) is 13.0 Å². The highest BCUT2D eigenvalue weighted by Crippen LogP contribution is 2.22. The smallest absolute Gasteiger partial charge is 0.306 e. The Balaban J connectivity index is 2.24. The lowest BCUT2D eigenvalue weighted by atomic mass is 9.99. The van der Waals surface area contributed by atoms with Gasteiger partial charge in [-0.1, -0.05) is 184 Å². The Labute approximate surface area is 360 Å². The number of aliphatic hydroxyl groups is 4. The van der Waals surface area contributed by atoms with Gasteiger partial charge in [-0.3, -0.25) is 4.79 Å². The molecule has 1 heterocycles. The topological polar surface area (TPSA) is 135 Å². The van der Waals surface area contributed by atoms with Crippen molar-refractivity contribution in [1.29, 1.82) is 0 Å². The molecule has 1 saturated heterocycles. The van der Waals surface area contributed by atoms with E-state index in [1.807, 2.05) is 0 Å². The Morgan fingerprint density at radius 2 is 1.03 bits per heavy atom. The number of allylic oxidation sites excluding steroid dienone is 10. The van der Waals surface area contributed by atoms with Crippen LogP contribution in [0.4, 0.5) is 0 Å². The number of esters is 1. The Bertz CT molecular complexity index is 1080. The van der Waals surface area contributed by atoms with Crippen LogP contribution in [0.15, 0.2) is 60.8 Å². The van der Waals surface area contributed by atoms with Gasteiger partial charge in [0.25, 0.3) is 0 Å². The quantitative estimate of drug-likeness (QED) is 0.0270. The van der Waals surface area contributed by atoms with E-state index in [1.165, 1.54) is 89.9 Å². The van der Waals surface area contributed by atoms with Crippen LogP contribution in [0, 0.1) is 0 Å². The van der Waals surface area contributed by atoms with E-state index in [2.05, 4.69) is 74.6 Å². The molecule has 59 heavy (non-hydrogen) atoms. The van der Waals surface area contributed by atoms with Gasteiger partial charge in [0, 0.05) is 13.0 Å². The predicted molar refractivity (Wildman–Crippen MR) is 242 cm³/mol. The highest BCUT2D eigenvalue weighted by Gasteiger charge is 2.44. The summed E-state index contributed by atoms with van der Waals surface area (Å²) in [5.74, 6) is -0.320. The van der Waals surface area contributed by atoms with E-state index in [-0.39, 0.29) is 19.2 Å². The van der Waals surface area contributed by atoms with Gasteiger partial charge in [-0.2, -0.15) is 0 Å². The third kappa shape index (κ3) is 32.3. The average molecular weight is 833 g/mol. The molecule has 0 aromatic heterocycles. The lowest BCUT2D eigenvalue weighted by Gasteiger charge is -2.39. The molecule has 0 aromatic carbocycles. The minimum Gasteiger partial charge on any atom is -0.457 e. The molecule has 1 aliphatic heterocycles. The van der Waals surface area contributed by atoms with Crippen molar-refractivity contribution < 1.29 is 44.2 Å². The number of ether oxygens (including phenoxy) is 4. The van der Waals surface area contributed by atoms with Crippen LogP contribution in [0.2, 0.25) is 0 Å². The van der Waals surface area contributed by atoms with E-state index in [9.17, 15) is 25.2 Å². The molecule has 6 atom stereocenters. The first kappa shape index (κ1) is 54.9. The summed E-state index contributed by atoms with van der Waals surface area (Å²) in [4.78, 5) is 12.8. The van der Waals surface area contributed by atoms with Crippen LogP contribution in [0.1, 0.15) is 187 Å². The summed E-state index contributed by atoms with van der Waals surface area (Å²) in [6, 6.07) is 0. The molecule has 0 spiro atoms. The van der Waals surface area contributed by atoms with Crippen molar-refractivity contribution in [1.82, 2.24) is 0 Å². The molecular formula is C50H88O9. The molecule has 0 saturated carbocycles. The van der Waals surface area contributed by atoms with E-state index < -0.39 is 43.4 Å². The maximum Gasteiger partial charge on any atom is 0.306 e. The van der Waals surface area contributed by atoms with Crippen LogP contribution in [0.5, 0.6) is 0 Å². The average Bonchev–Trinajstić information content (AvgIpc) is 3.24. The molecule has 6 unspecified atom stereocenters. The van der Waals surface area contributed by atoms with Crippen molar-refractivity contribution in [2.75, 3.05) is 26.4 Å². The van der Waals surface area contributed by atoms with Crippen molar-refractivity contribution in [3.8, 4) is 0 Å². The Morgan fingerprint density at radius 1 is 0.559 bits per heavy atom. The molecule has 0 aromatic rings. The fourth-order valence-electron chi connectivity index (χ4n) is 6.99. The molecule has 0 aliphatic carbocycles. The number of carbonyl (C=O) groups is 1. The van der Waals surface area contributed by atoms with Crippen molar-refractivity contribution >= 4 is 5.97 Å². The van der Waals surface area contributed by atoms with E-state index in [0.717, 1.165) is 77.0 Å². The standard InChI is InChI=1S/C50H88O9/c1-3-5-7-9-11-13-15-17-19-20-21-22-23-24-25-26-28-30-32-34-36-38-40-56-42-44(43-57-50-49(55)48(54)47(53)45(41-51)59-50)58-46(52)39-37-35-33-31-29-27-18-16-14-12-10-8-6-4-2/h5,7,11,13,17,19,21-22,24-25,44-45,47-51,53-55H,3-4,6,8-10,12,14-16,18,20,23,26-43H2,1-2H3/b7-5-,13-11-,19-17-,22-21-,25-24-. The molecular weight excluding hydrogens is 745 g/mol. The van der Waals surface area contributed by atoms with Gasteiger partial charge >= 0.3 is 5.97 Å². The van der Waals surface area contributed by atoms with Crippen molar-refractivity contribution in [2.45, 2.75) is 224 Å². The van der Waals surface area contributed by atoms with Crippen LogP contribution < -0.4 is 0 Å². The zero-order chi connectivity index (χ0) is 42.9. The van der Waals surface area contributed by atoms with Crippen molar-refractivity contribution in [2.24, 2.45) is 0 Å². The van der Waals surface area contributed by atoms with Crippen LogP contribution in [0.3, 0.4) is 0 Å². The van der Waals surface area contributed by atoms with E-state index in [4.69, 9.17) is 18.9 Å². The van der Waals surface area contributed by atoms with E-state index in [1.54, 1.807) is 0 Å². The first-order valence-corrected chi connectivity index (χ1v) is 23.9. The molecule has 0 amide bonds. The number of carbonyl (C=O) groups excluding carboxylic acids is 1. The summed E-state index contributed by atoms with van der Waals surface area (Å²) in [6.07, 6.45) is 45.3. The third-order valence-corrected chi connectivity index (χ3v) is 10.7. The summed E-state index contributed by atoms with van der Waals surface area (Å²) < 4.78 is 22.8. The van der Waals surface area contributed by atoms with Crippen LogP contribution in [-0.2, 0) is 23.7 Å². The fraction of sp³-hybridized carbons (Fsp3) is 0.780. The minimum atomic E-state index is -1.54. The highest BCUT2D eigenvalue weighted by atomic mass is 16.7. The first-order valence-electron chi connectivity index (χ1n) is 23.9. The molecule has 9 nitrogen and oxygen atoms in total. The SMILES string of the molecule is CC/C=C\C/C=C\C/C=C\C/C=C\C/C=C\CCCCCCCCOCC(COC1OC(CO)C(O)C(O)C1O)OC(=O)CCCCCCCCCCCCCCCC. The summed E-state index contributed by atoms with van der Waals surface area (Å²) in [7, 11) is 0. The van der Waals surface area contributed by atoms with Gasteiger partial charge in [0.15, 0.2) is 6.29 Å². The van der Waals surface area contributed by atoms with Crippen molar-refractivity contribution in [3.63, 3.8) is 0 Å². The number of hydrogen-bond acceptors (Lipinski definition) is 9. The van der Waals surface area contributed by atoms with Gasteiger partial charge in [0.05, 0.1) is 19.8 Å². The molecule has 4 N–H and O–H groups in total. The molecule has 9 heteroatoms. The summed E-state index contributed by atoms with van der Waals surface area (Å²) in [6.45, 7) is 4.41. The second-order valence-corrected chi connectivity index (χ2v) is 16.2. The van der Waals surface area contributed by atoms with Gasteiger partial charge in [0.1, 0.15) is 30.5 Å². The second-order valence-electron chi connectivity index (χ2n) is 16.2. The van der Waals surface area contributed by atoms with Crippen LogP contribution >= 0.6 is 0 Å². The monoisotopic (exact) mass is 833 g/mol. The number of aliphatic hydroxyl groups excluding tert-OH is 4. The largest absolute Gasteiger partial charge is 0.457 e. The van der Waals surface area contributed by atoms with Gasteiger partial charge in [-0.25, -0.2) is 0 Å². The molecule has 342 valence electrons. The zero-order valence-electron chi connectivity index (χ0n) is 37.5. The lowest BCUT2D eigenvalue weighted by molar-refractivity contribution is -0.305. The normalized spacial score (nSPS) is 20.7. The summed E-state index contributed by atoms with van der Waals surface area (Å²) >= 11 is 0. The van der Waals surface area contributed by atoms with Crippen LogP contribution in [0.25, 0.3) is 0 Å². The second kappa shape index (κ2) is 41.3. The minimum absolute atomic E-state index is 0.120. The third-order valence-electron chi connectivity index (χ3n) is 10.7. The fourth-order valence-corrected chi connectivity index (χ4v) is 6.99. The molecule has 1 fully saturated rings. The Kier molecular flexibility index (Phi) is 38.4. The molecule has 1 rings (SSSR count). The highest BCUT2D eigenvalue weighted by molar-refractivity contribution is 5.69. The Morgan fingerprint density at radius 3 is 1.56 bits per heavy atom. The predicted octanol–water partition coefficient (Wildman–Crippen LogP) is 11.1. The van der Waals surface area contributed by atoms with Gasteiger partial charge in [0.2, 0.25) is 0 Å². The lowest BCUT2D eigenvalue weighted by Crippen LogP contribution is -2.59. The number of hydrogen-bond donors (Lipinski definition) is 4. The summed E-state index contributed by atoms with van der Waals surface area (Å²) in [5.41, 5.74) is 0. The number of rotatable bonds is 40. The summed E-state index contributed by atoms with van der Waals surface area (Å²) in [5, 5.41) is 40.2. The molecule has 0 radical (unpaired) electrons. The zero-order valence-corrected chi connectivity index (χ0v) is 37.5. The van der Waals surface area contributed by atoms with E-state index >= 15 is 0 Å². The van der Waals surface area contributed by atoms with Gasteiger partial charge in [-0.15, -0.1) is 0 Å². The maximum atomic E-state index is 12.8. The van der Waals surface area contributed by atoms with Crippen LogP contribution in [-0.4, -0.2) is 89.6 Å². The van der Waals surface area contributed by atoms with Gasteiger partial charge < -0.3 is 39.4 Å². The number of unbranched alkanes of at least 4 members (excludes halogenated alkanes) is 19. The van der Waals surface area contributed by atoms with Crippen molar-refractivity contribution in [3.05, 3.63) is 60.8 Å². The molecule has 1 aliphatic rings. The van der Waals surface area contributed by atoms with Gasteiger partial charge in [-0.05, 0) is 57.8 Å².